The molecule has 30 heavy (non-hydrogen) atoms. The van der Waals surface area contributed by atoms with E-state index in [0.717, 1.165) is 16.8 Å². The van der Waals surface area contributed by atoms with Crippen LogP contribution < -0.4 is 5.73 Å². The minimum atomic E-state index is -0.0878. The fourth-order valence-electron chi connectivity index (χ4n) is 3.47. The maximum atomic E-state index is 12.8. The van der Waals surface area contributed by atoms with Crippen LogP contribution in [-0.2, 0) is 4.74 Å². The zero-order valence-electron chi connectivity index (χ0n) is 16.9. The SMILES string of the molecule is CC(C)c1n[nH]nc1-c1cc(-c2ccc(C(=O)N3CCOCC3)c(Cl)c2)cnc1N. The van der Waals surface area contributed by atoms with Crippen molar-refractivity contribution in [3.05, 3.63) is 46.7 Å². The Bertz CT molecular complexity index is 1080. The normalized spacial score (nSPS) is 14.3. The van der Waals surface area contributed by atoms with Gasteiger partial charge in [-0.05, 0) is 29.7 Å². The van der Waals surface area contributed by atoms with Crippen molar-refractivity contribution in [2.24, 2.45) is 0 Å². The molecule has 2 aromatic heterocycles. The first-order chi connectivity index (χ1) is 14.5. The molecular formula is C21H23ClN6O2. The predicted octanol–water partition coefficient (Wildman–Crippen LogP) is 3.37. The summed E-state index contributed by atoms with van der Waals surface area (Å²) in [6.07, 6.45) is 1.68. The summed E-state index contributed by atoms with van der Waals surface area (Å²) in [4.78, 5) is 18.9. The quantitative estimate of drug-likeness (QED) is 0.661. The molecule has 0 spiro atoms. The number of halogens is 1. The summed E-state index contributed by atoms with van der Waals surface area (Å²) in [6, 6.07) is 7.31. The number of benzene rings is 1. The summed E-state index contributed by atoms with van der Waals surface area (Å²) in [6.45, 7) is 6.30. The third-order valence-electron chi connectivity index (χ3n) is 5.13. The summed E-state index contributed by atoms with van der Waals surface area (Å²) in [5.41, 5.74) is 10.5. The zero-order chi connectivity index (χ0) is 21.3. The Morgan fingerprint density at radius 2 is 1.97 bits per heavy atom. The summed E-state index contributed by atoms with van der Waals surface area (Å²) < 4.78 is 5.31. The number of nitrogens with zero attached hydrogens (tertiary/aromatic N) is 4. The van der Waals surface area contributed by atoms with Crippen molar-refractivity contribution in [1.29, 1.82) is 0 Å². The number of H-pyrrole nitrogens is 1. The Morgan fingerprint density at radius 1 is 1.20 bits per heavy atom. The summed E-state index contributed by atoms with van der Waals surface area (Å²) in [5.74, 6) is 0.469. The number of ether oxygens (including phenoxy) is 1. The number of nitrogens with one attached hydrogen (secondary N) is 1. The number of amides is 1. The number of rotatable bonds is 4. The number of aromatic nitrogens is 4. The topological polar surface area (TPSA) is 110 Å². The molecule has 1 aliphatic rings. The molecule has 3 heterocycles. The molecule has 0 radical (unpaired) electrons. The number of carbonyl (C=O) groups excluding carboxylic acids is 1. The fraction of sp³-hybridized carbons (Fsp3) is 0.333. The van der Waals surface area contributed by atoms with Crippen LogP contribution in [0.4, 0.5) is 5.82 Å². The number of pyridine rings is 1. The molecule has 1 amide bonds. The molecule has 9 heteroatoms. The number of aromatic amines is 1. The van der Waals surface area contributed by atoms with Gasteiger partial charge in [0, 0.05) is 30.4 Å². The molecule has 0 saturated carbocycles. The number of morpholine rings is 1. The van der Waals surface area contributed by atoms with Crippen LogP contribution in [0.2, 0.25) is 5.02 Å². The minimum Gasteiger partial charge on any atom is -0.383 e. The van der Waals surface area contributed by atoms with Crippen molar-refractivity contribution in [3.63, 3.8) is 0 Å². The van der Waals surface area contributed by atoms with E-state index in [0.29, 0.717) is 54.0 Å². The Labute approximate surface area is 179 Å². The smallest absolute Gasteiger partial charge is 0.255 e. The molecule has 8 nitrogen and oxygen atoms in total. The lowest BCUT2D eigenvalue weighted by atomic mass is 9.99. The Hall–Kier alpha value is -2.97. The van der Waals surface area contributed by atoms with Crippen LogP contribution in [0.5, 0.6) is 0 Å². The van der Waals surface area contributed by atoms with Gasteiger partial charge >= 0.3 is 0 Å². The summed E-state index contributed by atoms with van der Waals surface area (Å²) in [7, 11) is 0. The number of hydrogen-bond acceptors (Lipinski definition) is 6. The van der Waals surface area contributed by atoms with E-state index < -0.39 is 0 Å². The molecule has 4 rings (SSSR count). The van der Waals surface area contributed by atoms with E-state index in [1.165, 1.54) is 0 Å². The number of carbonyl (C=O) groups is 1. The van der Waals surface area contributed by atoms with E-state index in [1.54, 1.807) is 23.2 Å². The molecule has 0 atom stereocenters. The van der Waals surface area contributed by atoms with E-state index in [-0.39, 0.29) is 11.8 Å². The highest BCUT2D eigenvalue weighted by Gasteiger charge is 2.22. The third kappa shape index (κ3) is 3.88. The van der Waals surface area contributed by atoms with Crippen LogP contribution >= 0.6 is 11.6 Å². The molecule has 156 valence electrons. The molecule has 1 fully saturated rings. The molecule has 1 aromatic carbocycles. The van der Waals surface area contributed by atoms with Gasteiger partial charge in [0.1, 0.15) is 11.5 Å². The zero-order valence-corrected chi connectivity index (χ0v) is 17.6. The van der Waals surface area contributed by atoms with Gasteiger partial charge in [-0.2, -0.15) is 15.4 Å². The fourth-order valence-corrected chi connectivity index (χ4v) is 3.73. The summed E-state index contributed by atoms with van der Waals surface area (Å²) >= 11 is 6.48. The third-order valence-corrected chi connectivity index (χ3v) is 5.44. The van der Waals surface area contributed by atoms with Gasteiger partial charge in [0.25, 0.3) is 5.91 Å². The second kappa shape index (κ2) is 8.41. The van der Waals surface area contributed by atoms with Crippen LogP contribution in [-0.4, -0.2) is 57.5 Å². The van der Waals surface area contributed by atoms with E-state index in [4.69, 9.17) is 22.1 Å². The Kier molecular flexibility index (Phi) is 5.69. The molecule has 3 aromatic rings. The average molecular weight is 427 g/mol. The van der Waals surface area contributed by atoms with Crippen LogP contribution in [0, 0.1) is 0 Å². The Morgan fingerprint density at radius 3 is 2.67 bits per heavy atom. The number of nitrogens with two attached hydrogens (primary N) is 1. The van der Waals surface area contributed by atoms with Gasteiger partial charge in [-0.25, -0.2) is 4.98 Å². The van der Waals surface area contributed by atoms with Crippen LogP contribution in [0.3, 0.4) is 0 Å². The summed E-state index contributed by atoms with van der Waals surface area (Å²) in [5, 5.41) is 11.6. The van der Waals surface area contributed by atoms with Crippen molar-refractivity contribution in [2.45, 2.75) is 19.8 Å². The standard InChI is InChI=1S/C21H23ClN6O2/c1-12(2)18-19(26-27-25-18)16-9-14(11-24-20(16)23)13-3-4-15(17(22)10-13)21(29)28-5-7-30-8-6-28/h3-4,9-12H,5-8H2,1-2H3,(H2,23,24)(H,25,26,27). The highest BCUT2D eigenvalue weighted by Crippen LogP contribution is 2.33. The molecule has 0 unspecified atom stereocenters. The first-order valence-electron chi connectivity index (χ1n) is 9.79. The predicted molar refractivity (Wildman–Crippen MR) is 115 cm³/mol. The van der Waals surface area contributed by atoms with Crippen molar-refractivity contribution < 1.29 is 9.53 Å². The highest BCUT2D eigenvalue weighted by molar-refractivity contribution is 6.34. The molecule has 0 aliphatic carbocycles. The van der Waals surface area contributed by atoms with Crippen molar-refractivity contribution in [2.75, 3.05) is 32.0 Å². The second-order valence-electron chi connectivity index (χ2n) is 7.47. The van der Waals surface area contributed by atoms with Gasteiger partial charge in [-0.1, -0.05) is 31.5 Å². The Balaban J connectivity index is 1.67. The van der Waals surface area contributed by atoms with E-state index in [2.05, 4.69) is 20.4 Å². The van der Waals surface area contributed by atoms with E-state index in [1.807, 2.05) is 26.0 Å². The lowest BCUT2D eigenvalue weighted by molar-refractivity contribution is 0.0303. The van der Waals surface area contributed by atoms with Crippen molar-refractivity contribution >= 4 is 23.3 Å². The van der Waals surface area contributed by atoms with Gasteiger partial charge < -0.3 is 15.4 Å². The number of anilines is 1. The van der Waals surface area contributed by atoms with Crippen molar-refractivity contribution in [1.82, 2.24) is 25.3 Å². The minimum absolute atomic E-state index is 0.0878. The first kappa shape index (κ1) is 20.3. The average Bonchev–Trinajstić information content (AvgIpc) is 3.24. The lowest BCUT2D eigenvalue weighted by Crippen LogP contribution is -2.40. The molecule has 1 aliphatic heterocycles. The van der Waals surface area contributed by atoms with Gasteiger partial charge in [-0.3, -0.25) is 4.79 Å². The molecule has 3 N–H and O–H groups in total. The largest absolute Gasteiger partial charge is 0.383 e. The molecule has 1 saturated heterocycles. The number of hydrogen-bond donors (Lipinski definition) is 2. The van der Waals surface area contributed by atoms with Gasteiger partial charge in [0.2, 0.25) is 0 Å². The monoisotopic (exact) mass is 426 g/mol. The van der Waals surface area contributed by atoms with E-state index in [9.17, 15) is 4.79 Å². The maximum Gasteiger partial charge on any atom is 0.255 e. The lowest BCUT2D eigenvalue weighted by Gasteiger charge is -2.27. The van der Waals surface area contributed by atoms with Crippen LogP contribution in [0.1, 0.15) is 35.8 Å². The van der Waals surface area contributed by atoms with Gasteiger partial charge in [0.05, 0.1) is 29.5 Å². The molecule has 0 bridgehead atoms. The first-order valence-corrected chi connectivity index (χ1v) is 10.2. The van der Waals surface area contributed by atoms with E-state index >= 15 is 0 Å². The maximum absolute atomic E-state index is 12.8. The van der Waals surface area contributed by atoms with Gasteiger partial charge in [-0.15, -0.1) is 0 Å². The second-order valence-corrected chi connectivity index (χ2v) is 7.88. The van der Waals surface area contributed by atoms with Crippen LogP contribution in [0.15, 0.2) is 30.5 Å². The van der Waals surface area contributed by atoms with Crippen LogP contribution in [0.25, 0.3) is 22.4 Å². The van der Waals surface area contributed by atoms with Crippen molar-refractivity contribution in [3.8, 4) is 22.4 Å². The molecular weight excluding hydrogens is 404 g/mol. The van der Waals surface area contributed by atoms with Gasteiger partial charge in [0.15, 0.2) is 0 Å². The number of nitrogen functional groups attached to an aromatic ring is 1. The highest BCUT2D eigenvalue weighted by atomic mass is 35.5.